The van der Waals surface area contributed by atoms with Crippen LogP contribution in [0.3, 0.4) is 0 Å². The summed E-state index contributed by atoms with van der Waals surface area (Å²) in [6.07, 6.45) is 2.46. The second kappa shape index (κ2) is 10.8. The number of carbonyl (C=O) groups is 1. The van der Waals surface area contributed by atoms with Crippen molar-refractivity contribution < 1.29 is 41.6 Å². The molecule has 0 spiro atoms. The van der Waals surface area contributed by atoms with E-state index >= 15 is 0 Å². The summed E-state index contributed by atoms with van der Waals surface area (Å²) in [5, 5.41) is 17.5. The molecular formula is C32H30F3N3O6. The third-order valence-corrected chi connectivity index (χ3v) is 9.46. The van der Waals surface area contributed by atoms with E-state index in [4.69, 9.17) is 23.9 Å². The van der Waals surface area contributed by atoms with Crippen molar-refractivity contribution in [1.29, 1.82) is 0 Å². The molecule has 9 nitrogen and oxygen atoms in total. The molecule has 2 bridgehead atoms. The lowest BCUT2D eigenvalue weighted by Gasteiger charge is -2.51. The summed E-state index contributed by atoms with van der Waals surface area (Å²) in [4.78, 5) is 15.9. The Kier molecular flexibility index (Phi) is 6.99. The minimum Gasteiger partial charge on any atom is -0.478 e. The van der Waals surface area contributed by atoms with Gasteiger partial charge in [-0.2, -0.15) is 4.98 Å². The van der Waals surface area contributed by atoms with Gasteiger partial charge in [0, 0.05) is 28.0 Å². The summed E-state index contributed by atoms with van der Waals surface area (Å²) in [6, 6.07) is 12.4. The molecule has 4 aliphatic carbocycles. The summed E-state index contributed by atoms with van der Waals surface area (Å²) in [5.41, 5.74) is 1.90. The van der Waals surface area contributed by atoms with Gasteiger partial charge in [-0.15, -0.1) is 13.2 Å². The molecule has 4 fully saturated rings. The maximum Gasteiger partial charge on any atom is 0.573 e. The smallest absolute Gasteiger partial charge is 0.478 e. The lowest BCUT2D eigenvalue weighted by molar-refractivity contribution is -0.274. The first-order valence-corrected chi connectivity index (χ1v) is 14.7. The average molecular weight is 610 g/mol. The Balaban J connectivity index is 1.03. The number of para-hydroxylation sites is 1. The van der Waals surface area contributed by atoms with Gasteiger partial charge in [0.15, 0.2) is 0 Å². The number of fused-ring (bicyclic) bond motifs is 3. The van der Waals surface area contributed by atoms with Crippen molar-refractivity contribution >= 4 is 5.97 Å². The number of hydrogen-bond acceptors (Lipinski definition) is 8. The second-order valence-corrected chi connectivity index (χ2v) is 12.3. The van der Waals surface area contributed by atoms with Gasteiger partial charge in [-0.05, 0) is 81.0 Å². The number of hydrogen-bond donors (Lipinski definition) is 1. The number of nitrogens with zero attached hydrogens (tertiary/aromatic N) is 3. The summed E-state index contributed by atoms with van der Waals surface area (Å²) in [7, 11) is 0. The van der Waals surface area contributed by atoms with E-state index in [-0.39, 0.29) is 40.2 Å². The van der Waals surface area contributed by atoms with E-state index < -0.39 is 12.3 Å². The second-order valence-electron chi connectivity index (χ2n) is 12.3. The van der Waals surface area contributed by atoms with Crippen LogP contribution in [0.15, 0.2) is 57.6 Å². The van der Waals surface area contributed by atoms with Gasteiger partial charge >= 0.3 is 12.3 Å². The monoisotopic (exact) mass is 609 g/mol. The number of carboxylic acids is 1. The van der Waals surface area contributed by atoms with Crippen LogP contribution in [0.1, 0.15) is 84.9 Å². The van der Waals surface area contributed by atoms with Crippen LogP contribution in [-0.2, 0) is 16.8 Å². The van der Waals surface area contributed by atoms with Crippen molar-refractivity contribution in [3.05, 3.63) is 71.3 Å². The summed E-state index contributed by atoms with van der Waals surface area (Å²) in [6.45, 7) is 0.703. The fourth-order valence-corrected chi connectivity index (χ4v) is 6.70. The highest BCUT2D eigenvalue weighted by atomic mass is 19.4. The molecule has 0 amide bonds. The molecule has 2 aromatic carbocycles. The van der Waals surface area contributed by atoms with Crippen LogP contribution in [-0.4, -0.2) is 39.3 Å². The van der Waals surface area contributed by atoms with E-state index in [0.29, 0.717) is 40.9 Å². The highest BCUT2D eigenvalue weighted by Gasteiger charge is 2.52. The number of alkyl halides is 3. The molecule has 4 saturated carbocycles. The van der Waals surface area contributed by atoms with Crippen molar-refractivity contribution in [2.45, 2.75) is 75.7 Å². The summed E-state index contributed by atoms with van der Waals surface area (Å²) in [5.74, 6) is 0.612. The van der Waals surface area contributed by atoms with Crippen molar-refractivity contribution in [3.63, 3.8) is 0 Å². The summed E-state index contributed by atoms with van der Waals surface area (Å²) >= 11 is 0. The van der Waals surface area contributed by atoms with Crippen LogP contribution in [0.25, 0.3) is 22.6 Å². The Morgan fingerprint density at radius 3 is 2.32 bits per heavy atom. The van der Waals surface area contributed by atoms with E-state index in [0.717, 1.165) is 51.4 Å². The number of aromatic carboxylic acids is 1. The highest BCUT2D eigenvalue weighted by Crippen LogP contribution is 2.58. The number of benzene rings is 2. The van der Waals surface area contributed by atoms with Gasteiger partial charge < -0.3 is 23.6 Å². The number of halogens is 3. The van der Waals surface area contributed by atoms with Gasteiger partial charge in [-0.3, -0.25) is 0 Å². The van der Waals surface area contributed by atoms with Crippen molar-refractivity contribution in [2.24, 2.45) is 5.41 Å². The minimum absolute atomic E-state index is 0.00829. The van der Waals surface area contributed by atoms with Crippen molar-refractivity contribution in [2.75, 3.05) is 6.61 Å². The fraction of sp³-hybridized carbons (Fsp3) is 0.438. The maximum absolute atomic E-state index is 13.1. The molecule has 2 aromatic heterocycles. The predicted molar refractivity (Wildman–Crippen MR) is 149 cm³/mol. The van der Waals surface area contributed by atoms with Crippen LogP contribution in [0, 0.1) is 5.41 Å². The molecule has 1 N–H and O–H groups in total. The maximum atomic E-state index is 13.1. The van der Waals surface area contributed by atoms with Crippen LogP contribution in [0.4, 0.5) is 13.2 Å². The first kappa shape index (κ1) is 28.6. The van der Waals surface area contributed by atoms with Gasteiger partial charge in [0.05, 0.1) is 18.8 Å². The predicted octanol–water partition coefficient (Wildman–Crippen LogP) is 7.67. The van der Waals surface area contributed by atoms with E-state index in [2.05, 4.69) is 15.1 Å². The van der Waals surface area contributed by atoms with Gasteiger partial charge in [-0.1, -0.05) is 34.6 Å². The number of ether oxygens (including phenoxy) is 2. The van der Waals surface area contributed by atoms with Crippen molar-refractivity contribution in [3.8, 4) is 28.4 Å². The van der Waals surface area contributed by atoms with E-state index in [1.807, 2.05) is 0 Å². The molecule has 230 valence electrons. The number of aromatic nitrogens is 3. The molecule has 12 heteroatoms. The molecule has 0 unspecified atom stereocenters. The van der Waals surface area contributed by atoms with Gasteiger partial charge in [0.25, 0.3) is 0 Å². The normalized spacial score (nSPS) is 23.2. The van der Waals surface area contributed by atoms with Gasteiger partial charge in [0.2, 0.25) is 11.7 Å². The Morgan fingerprint density at radius 2 is 1.66 bits per heavy atom. The lowest BCUT2D eigenvalue weighted by Crippen LogP contribution is -2.46. The van der Waals surface area contributed by atoms with Crippen LogP contribution in [0.5, 0.6) is 5.75 Å². The van der Waals surface area contributed by atoms with E-state index in [1.54, 1.807) is 24.3 Å². The zero-order valence-corrected chi connectivity index (χ0v) is 23.7. The van der Waals surface area contributed by atoms with E-state index in [1.165, 1.54) is 24.3 Å². The quantitative estimate of drug-likeness (QED) is 0.193. The van der Waals surface area contributed by atoms with Crippen LogP contribution < -0.4 is 4.74 Å². The molecule has 8 rings (SSSR count). The van der Waals surface area contributed by atoms with Crippen LogP contribution >= 0.6 is 0 Å². The molecular weight excluding hydrogens is 579 g/mol. The standard InChI is InChI=1S/C32H30F3N3O6/c33-32(34,35)42-24-4-2-1-3-22(24)25-23(26(43-37-25)19-5-6-19)17-41-18-30-11-14-31(15-12-30,16-13-30)29-36-27(38-44-29)20-7-9-21(10-8-20)28(39)40/h1-4,7-10,19H,5-6,11-18H2,(H,39,40). The molecule has 0 radical (unpaired) electrons. The topological polar surface area (TPSA) is 121 Å². The molecule has 44 heavy (non-hydrogen) atoms. The zero-order chi connectivity index (χ0) is 30.5. The number of carboxylic acid groups (broad SMARTS) is 1. The Morgan fingerprint density at radius 1 is 0.955 bits per heavy atom. The van der Waals surface area contributed by atoms with Crippen molar-refractivity contribution in [1.82, 2.24) is 15.3 Å². The lowest BCUT2D eigenvalue weighted by atomic mass is 9.54. The molecule has 0 saturated heterocycles. The molecule has 2 heterocycles. The SMILES string of the molecule is O=C(O)c1ccc(-c2noc(C34CCC(COCc5c(-c6ccccc6OC(F)(F)F)noc5C5CC5)(CC3)CC4)n2)cc1. The van der Waals surface area contributed by atoms with Gasteiger partial charge in [0.1, 0.15) is 17.2 Å². The third-order valence-electron chi connectivity index (χ3n) is 9.46. The first-order chi connectivity index (χ1) is 21.1. The Hall–Kier alpha value is -4.19. The zero-order valence-electron chi connectivity index (χ0n) is 23.7. The van der Waals surface area contributed by atoms with E-state index in [9.17, 15) is 18.0 Å². The minimum atomic E-state index is -4.83. The molecule has 0 aliphatic heterocycles. The Bertz CT molecular complexity index is 1650. The summed E-state index contributed by atoms with van der Waals surface area (Å²) < 4.78 is 61.3. The third kappa shape index (κ3) is 5.47. The first-order valence-electron chi connectivity index (χ1n) is 14.7. The Labute approximate surface area is 250 Å². The molecule has 0 atom stereocenters. The fourth-order valence-electron chi connectivity index (χ4n) is 6.70. The van der Waals surface area contributed by atoms with Gasteiger partial charge in [-0.25, -0.2) is 4.79 Å². The average Bonchev–Trinajstić information content (AvgIpc) is 3.57. The highest BCUT2D eigenvalue weighted by molar-refractivity contribution is 5.88. The number of rotatable bonds is 10. The molecule has 4 aromatic rings. The molecule has 4 aliphatic rings. The van der Waals surface area contributed by atoms with Crippen LogP contribution in [0.2, 0.25) is 0 Å². The largest absolute Gasteiger partial charge is 0.573 e.